The van der Waals surface area contributed by atoms with E-state index in [0.29, 0.717) is 19.4 Å². The van der Waals surface area contributed by atoms with Gasteiger partial charge in [0.25, 0.3) is 0 Å². The molecule has 0 aromatic heterocycles. The Morgan fingerprint density at radius 2 is 0.810 bits per heavy atom. The molecular weight excluding hydrogens is 717 g/mol. The van der Waals surface area contributed by atoms with Crippen LogP contribution in [0.3, 0.4) is 0 Å². The Hall–Kier alpha value is -2.92. The number of hydrogen-bond donors (Lipinski definition) is 0. The van der Waals surface area contributed by atoms with E-state index in [1.54, 1.807) is 0 Å². The fourth-order valence-electron chi connectivity index (χ4n) is 6.34. The summed E-state index contributed by atoms with van der Waals surface area (Å²) in [5, 5.41) is 0. The van der Waals surface area contributed by atoms with Crippen molar-refractivity contribution in [1.82, 2.24) is 0 Å². The summed E-state index contributed by atoms with van der Waals surface area (Å²) >= 11 is 0. The predicted octanol–water partition coefficient (Wildman–Crippen LogP) is 16.1. The molecule has 0 aliphatic heterocycles. The normalized spacial score (nSPS) is 12.9. The van der Waals surface area contributed by atoms with Gasteiger partial charge in [-0.25, -0.2) is 0 Å². The summed E-state index contributed by atoms with van der Waals surface area (Å²) in [6.07, 6.45) is 63.0. The Balaban J connectivity index is 4.36. The summed E-state index contributed by atoms with van der Waals surface area (Å²) in [7, 11) is 0. The average Bonchev–Trinajstić information content (AvgIpc) is 3.22. The van der Waals surface area contributed by atoms with E-state index in [2.05, 4.69) is 106 Å². The molecule has 0 saturated heterocycles. The molecule has 5 nitrogen and oxygen atoms in total. The molecule has 0 spiro atoms. The van der Waals surface area contributed by atoms with Crippen LogP contribution in [0.1, 0.15) is 213 Å². The molecule has 5 heteroatoms. The lowest BCUT2D eigenvalue weighted by Gasteiger charge is -2.18. The maximum absolute atomic E-state index is 12.7. The number of carbonyl (C=O) groups is 2. The van der Waals surface area contributed by atoms with Crippen LogP contribution in [-0.2, 0) is 23.8 Å². The number of allylic oxidation sites excluding steroid dienone is 14. The van der Waals surface area contributed by atoms with Crippen molar-refractivity contribution in [3.8, 4) is 0 Å². The van der Waals surface area contributed by atoms with Gasteiger partial charge in [-0.15, -0.1) is 0 Å². The van der Waals surface area contributed by atoms with Crippen molar-refractivity contribution in [3.63, 3.8) is 0 Å². The molecule has 0 rings (SSSR count). The second-order valence-corrected chi connectivity index (χ2v) is 15.6. The van der Waals surface area contributed by atoms with Crippen LogP contribution in [0.25, 0.3) is 0 Å². The molecule has 0 aromatic carbocycles. The van der Waals surface area contributed by atoms with Gasteiger partial charge in [0.05, 0.1) is 6.61 Å². The van der Waals surface area contributed by atoms with E-state index in [-0.39, 0.29) is 25.2 Å². The summed E-state index contributed by atoms with van der Waals surface area (Å²) < 4.78 is 17.3. The van der Waals surface area contributed by atoms with Crippen molar-refractivity contribution in [2.24, 2.45) is 0 Å². The molecule has 0 heterocycles. The van der Waals surface area contributed by atoms with E-state index in [9.17, 15) is 9.59 Å². The van der Waals surface area contributed by atoms with E-state index in [1.165, 1.54) is 77.0 Å². The van der Waals surface area contributed by atoms with Crippen molar-refractivity contribution in [2.75, 3.05) is 19.8 Å². The van der Waals surface area contributed by atoms with Crippen molar-refractivity contribution in [2.45, 2.75) is 219 Å². The van der Waals surface area contributed by atoms with Crippen molar-refractivity contribution in [1.29, 1.82) is 0 Å². The van der Waals surface area contributed by atoms with E-state index >= 15 is 0 Å². The van der Waals surface area contributed by atoms with Crippen molar-refractivity contribution in [3.05, 3.63) is 85.1 Å². The lowest BCUT2D eigenvalue weighted by molar-refractivity contribution is -0.163. The van der Waals surface area contributed by atoms with Gasteiger partial charge in [-0.1, -0.05) is 196 Å². The van der Waals surface area contributed by atoms with Gasteiger partial charge in [0, 0.05) is 19.4 Å². The summed E-state index contributed by atoms with van der Waals surface area (Å²) in [6, 6.07) is 0. The van der Waals surface area contributed by atoms with Gasteiger partial charge in [-0.05, 0) is 89.9 Å². The third-order valence-electron chi connectivity index (χ3n) is 9.90. The van der Waals surface area contributed by atoms with Gasteiger partial charge in [0.1, 0.15) is 6.61 Å². The number of rotatable bonds is 43. The highest BCUT2D eigenvalue weighted by atomic mass is 16.6. The topological polar surface area (TPSA) is 61.8 Å². The minimum absolute atomic E-state index is 0.0584. The van der Waals surface area contributed by atoms with Crippen molar-refractivity contribution >= 4 is 11.9 Å². The molecule has 0 aromatic rings. The lowest BCUT2D eigenvalue weighted by Crippen LogP contribution is -2.30. The summed E-state index contributed by atoms with van der Waals surface area (Å²) in [4.78, 5) is 25.3. The smallest absolute Gasteiger partial charge is 0.306 e. The van der Waals surface area contributed by atoms with Crippen LogP contribution in [0.15, 0.2) is 85.1 Å². The van der Waals surface area contributed by atoms with E-state index in [4.69, 9.17) is 14.2 Å². The fraction of sp³-hybridized carbons (Fsp3) is 0.698. The van der Waals surface area contributed by atoms with Gasteiger partial charge in [0.2, 0.25) is 0 Å². The van der Waals surface area contributed by atoms with Gasteiger partial charge in [-0.2, -0.15) is 0 Å². The van der Waals surface area contributed by atoms with Gasteiger partial charge < -0.3 is 14.2 Å². The second kappa shape index (κ2) is 48.4. The Labute approximate surface area is 359 Å². The molecule has 1 unspecified atom stereocenters. The predicted molar refractivity (Wildman–Crippen MR) is 251 cm³/mol. The molecule has 0 amide bonds. The maximum atomic E-state index is 12.7. The minimum atomic E-state index is -0.565. The molecule has 0 radical (unpaired) electrons. The summed E-state index contributed by atoms with van der Waals surface area (Å²) in [6.45, 7) is 7.52. The summed E-state index contributed by atoms with van der Waals surface area (Å²) in [5.41, 5.74) is 0. The second-order valence-electron chi connectivity index (χ2n) is 15.6. The third-order valence-corrected chi connectivity index (χ3v) is 9.90. The van der Waals surface area contributed by atoms with Crippen LogP contribution >= 0.6 is 0 Å². The van der Waals surface area contributed by atoms with Crippen LogP contribution in [-0.4, -0.2) is 37.9 Å². The SMILES string of the molecule is CC/C=C\C/C=C\C/C=C\C/C=C\C/C=C\CCCCOCC(COC(=O)CCCCCCC/C=C\C/C=C\CCC)OC(=O)CCCCCCCCCCCCC. The number of hydrogen-bond acceptors (Lipinski definition) is 5. The number of carbonyl (C=O) groups excluding carboxylic acids is 2. The van der Waals surface area contributed by atoms with Gasteiger partial charge in [0.15, 0.2) is 6.10 Å². The zero-order valence-electron chi connectivity index (χ0n) is 38.0. The Kier molecular flexibility index (Phi) is 46.0. The minimum Gasteiger partial charge on any atom is -0.462 e. The molecule has 0 aliphatic carbocycles. The summed E-state index contributed by atoms with van der Waals surface area (Å²) in [5.74, 6) is -0.440. The largest absolute Gasteiger partial charge is 0.462 e. The number of esters is 2. The first-order chi connectivity index (χ1) is 28.6. The van der Waals surface area contributed by atoms with Crippen molar-refractivity contribution < 1.29 is 23.8 Å². The van der Waals surface area contributed by atoms with E-state index in [1.807, 2.05) is 0 Å². The number of ether oxygens (including phenoxy) is 3. The Morgan fingerprint density at radius 1 is 0.397 bits per heavy atom. The molecule has 0 aliphatic rings. The molecule has 332 valence electrons. The highest BCUT2D eigenvalue weighted by molar-refractivity contribution is 5.70. The van der Waals surface area contributed by atoms with Gasteiger partial charge >= 0.3 is 11.9 Å². The third kappa shape index (κ3) is 45.8. The van der Waals surface area contributed by atoms with Crippen LogP contribution < -0.4 is 0 Å². The van der Waals surface area contributed by atoms with E-state index < -0.39 is 6.10 Å². The zero-order chi connectivity index (χ0) is 42.1. The fourth-order valence-corrected chi connectivity index (χ4v) is 6.34. The molecule has 58 heavy (non-hydrogen) atoms. The Bertz CT molecular complexity index is 1090. The zero-order valence-corrected chi connectivity index (χ0v) is 38.0. The first kappa shape index (κ1) is 55.1. The average molecular weight is 807 g/mol. The van der Waals surface area contributed by atoms with Gasteiger partial charge in [-0.3, -0.25) is 9.59 Å². The molecular formula is C53H90O5. The van der Waals surface area contributed by atoms with E-state index in [0.717, 1.165) is 103 Å². The number of unbranched alkanes of at least 4 members (excludes halogenated alkanes) is 18. The molecule has 0 fully saturated rings. The maximum Gasteiger partial charge on any atom is 0.306 e. The first-order valence-corrected chi connectivity index (χ1v) is 24.1. The molecule has 0 N–H and O–H groups in total. The lowest BCUT2D eigenvalue weighted by atomic mass is 10.1. The molecule has 1 atom stereocenters. The highest BCUT2D eigenvalue weighted by Gasteiger charge is 2.17. The highest BCUT2D eigenvalue weighted by Crippen LogP contribution is 2.13. The quantitative estimate of drug-likeness (QED) is 0.0349. The standard InChI is InChI=1S/C53H90O5/c1-4-7-10-13-16-19-22-24-25-26-27-28-30-33-36-39-42-45-48-56-49-51(58-53(55)47-44-41-38-35-31-21-18-15-12-9-6-3)50-57-52(54)46-43-40-37-34-32-29-23-20-17-14-11-8-5-2/h7,10-11,14,16,19-20,23-25,27-28,33,36,51H,4-6,8-9,12-13,15,17-18,21-22,26,29-32,34-35,37-50H2,1-3H3/b10-7-,14-11-,19-16-,23-20-,25-24-,28-27-,36-33-. The van der Waals surface area contributed by atoms with Crippen LogP contribution in [0.4, 0.5) is 0 Å². The molecule has 0 bridgehead atoms. The van der Waals surface area contributed by atoms with Crippen LogP contribution in [0.5, 0.6) is 0 Å². The van der Waals surface area contributed by atoms with Crippen LogP contribution in [0, 0.1) is 0 Å². The monoisotopic (exact) mass is 807 g/mol. The first-order valence-electron chi connectivity index (χ1n) is 24.1. The van der Waals surface area contributed by atoms with Crippen LogP contribution in [0.2, 0.25) is 0 Å². The molecule has 0 saturated carbocycles. The Morgan fingerprint density at radius 3 is 1.31 bits per heavy atom.